The maximum atomic E-state index is 13.0. The Morgan fingerprint density at radius 1 is 0.354 bits per heavy atom. The maximum absolute atomic E-state index is 13.0. The number of aliphatic hydroxyl groups is 1. The van der Waals surface area contributed by atoms with Crippen LogP contribution in [0.1, 0.15) is 305 Å². The van der Waals surface area contributed by atoms with E-state index in [1.54, 1.807) is 0 Å². The van der Waals surface area contributed by atoms with Crippen LogP contribution in [0.15, 0.2) is 0 Å². The van der Waals surface area contributed by atoms with Gasteiger partial charge in [-0.3, -0.25) is 37.3 Å². The van der Waals surface area contributed by atoms with Gasteiger partial charge in [0, 0.05) is 25.7 Å². The monoisotopic (exact) mass is 1210 g/mol. The van der Waals surface area contributed by atoms with Crippen molar-refractivity contribution in [2.75, 3.05) is 39.6 Å². The SMILES string of the molecule is CCCCCCCCCCCCC(=O)OC[C@H](COP(=O)(O)OC[C@H](O)COP(=O)(O)OC[C@@H](COC(=O)CCCCCCCCCC(C)C)OC(=O)CCCCCCCCCCC(C)CC)OC(=O)CCCCCCCCCC(C)C. The Bertz CT molecular complexity index is 1630. The van der Waals surface area contributed by atoms with Crippen LogP contribution >= 0.6 is 15.6 Å². The number of phosphoric ester groups is 2. The normalized spacial score (nSPS) is 14.7. The summed E-state index contributed by atoms with van der Waals surface area (Å²) in [6.07, 6.45) is 34.9. The summed E-state index contributed by atoms with van der Waals surface area (Å²) < 4.78 is 67.9. The second-order valence-electron chi connectivity index (χ2n) is 24.0. The maximum Gasteiger partial charge on any atom is 0.472 e. The molecule has 0 bridgehead atoms. The number of hydrogen-bond donors (Lipinski definition) is 3. The van der Waals surface area contributed by atoms with Gasteiger partial charge in [0.05, 0.1) is 26.4 Å². The Morgan fingerprint density at radius 3 is 0.927 bits per heavy atom. The van der Waals surface area contributed by atoms with E-state index in [0.717, 1.165) is 102 Å². The van der Waals surface area contributed by atoms with Crippen molar-refractivity contribution in [3.05, 3.63) is 0 Å². The highest BCUT2D eigenvalue weighted by molar-refractivity contribution is 7.47. The van der Waals surface area contributed by atoms with Crippen LogP contribution < -0.4 is 0 Å². The molecule has 17 nitrogen and oxygen atoms in total. The van der Waals surface area contributed by atoms with E-state index >= 15 is 0 Å². The molecule has 0 aliphatic heterocycles. The molecule has 6 atom stereocenters. The molecule has 0 aromatic carbocycles. The molecule has 0 heterocycles. The quantitative estimate of drug-likeness (QED) is 0.0222. The van der Waals surface area contributed by atoms with E-state index in [2.05, 4.69) is 48.5 Å². The van der Waals surface area contributed by atoms with Crippen molar-refractivity contribution in [2.24, 2.45) is 17.8 Å². The number of unbranched alkanes of at least 4 members (excludes halogenated alkanes) is 28. The Morgan fingerprint density at radius 2 is 0.622 bits per heavy atom. The lowest BCUT2D eigenvalue weighted by Gasteiger charge is -2.21. The molecule has 82 heavy (non-hydrogen) atoms. The van der Waals surface area contributed by atoms with E-state index in [0.29, 0.717) is 37.5 Å². The van der Waals surface area contributed by atoms with Crippen LogP contribution in [-0.4, -0.2) is 96.7 Å². The average molecular weight is 1210 g/mol. The first-order chi connectivity index (χ1) is 39.3. The van der Waals surface area contributed by atoms with Crippen molar-refractivity contribution in [2.45, 2.75) is 324 Å². The first kappa shape index (κ1) is 80.1. The molecule has 486 valence electrons. The number of ether oxygens (including phenoxy) is 4. The summed E-state index contributed by atoms with van der Waals surface area (Å²) in [5.74, 6) is 0.0295. The van der Waals surface area contributed by atoms with Crippen LogP contribution in [0.2, 0.25) is 0 Å². The van der Waals surface area contributed by atoms with Crippen LogP contribution in [0.25, 0.3) is 0 Å². The van der Waals surface area contributed by atoms with Gasteiger partial charge in [0.25, 0.3) is 0 Å². The van der Waals surface area contributed by atoms with E-state index in [1.165, 1.54) is 109 Å². The second kappa shape index (κ2) is 54.5. The predicted molar refractivity (Wildman–Crippen MR) is 326 cm³/mol. The van der Waals surface area contributed by atoms with Gasteiger partial charge in [0.15, 0.2) is 12.2 Å². The van der Waals surface area contributed by atoms with Gasteiger partial charge in [0.1, 0.15) is 19.3 Å². The molecule has 0 aliphatic carbocycles. The summed E-state index contributed by atoms with van der Waals surface area (Å²) in [5.41, 5.74) is 0. The van der Waals surface area contributed by atoms with Crippen molar-refractivity contribution in [3.63, 3.8) is 0 Å². The van der Waals surface area contributed by atoms with Crippen LogP contribution in [-0.2, 0) is 65.4 Å². The van der Waals surface area contributed by atoms with E-state index < -0.39 is 97.5 Å². The zero-order valence-electron chi connectivity index (χ0n) is 52.9. The molecule has 0 saturated heterocycles. The van der Waals surface area contributed by atoms with Crippen molar-refractivity contribution in [3.8, 4) is 0 Å². The molecule has 0 fully saturated rings. The molecular formula is C63H122O17P2. The van der Waals surface area contributed by atoms with Crippen LogP contribution in [0.5, 0.6) is 0 Å². The summed E-state index contributed by atoms with van der Waals surface area (Å²) in [6.45, 7) is 11.7. The number of rotatable bonds is 61. The van der Waals surface area contributed by atoms with Gasteiger partial charge in [-0.2, -0.15) is 0 Å². The summed E-state index contributed by atoms with van der Waals surface area (Å²) >= 11 is 0. The zero-order chi connectivity index (χ0) is 61.0. The standard InChI is InChI=1S/C63H122O17P2/c1-8-10-11-12-13-14-15-23-30-37-44-60(65)73-50-59(80-63(68)47-40-33-26-19-21-28-35-42-55(5)6)53-78-82(71,72)76-49-57(64)48-75-81(69,70)77-52-58(51-74-61(66)45-38-31-25-18-20-27-34-41-54(3)4)79-62(67)46-39-32-24-17-16-22-29-36-43-56(7)9-2/h54-59,64H,8-53H2,1-7H3,(H,69,70)(H,71,72)/t56?,57-,58-,59-/m1/s1. The fourth-order valence-electron chi connectivity index (χ4n) is 9.27. The third-order valence-electron chi connectivity index (χ3n) is 14.7. The predicted octanol–water partition coefficient (Wildman–Crippen LogP) is 17.1. The minimum absolute atomic E-state index is 0.103. The average Bonchev–Trinajstić information content (AvgIpc) is 3.45. The molecule has 0 aliphatic rings. The lowest BCUT2D eigenvalue weighted by molar-refractivity contribution is -0.161. The van der Waals surface area contributed by atoms with Crippen molar-refractivity contribution >= 4 is 39.5 Å². The second-order valence-corrected chi connectivity index (χ2v) is 26.9. The molecule has 0 spiro atoms. The third kappa shape index (κ3) is 55.9. The lowest BCUT2D eigenvalue weighted by atomic mass is 9.99. The smallest absolute Gasteiger partial charge is 0.462 e. The summed E-state index contributed by atoms with van der Waals surface area (Å²) in [4.78, 5) is 72.1. The minimum Gasteiger partial charge on any atom is -0.462 e. The Kier molecular flexibility index (Phi) is 53.2. The molecule has 19 heteroatoms. The highest BCUT2D eigenvalue weighted by Crippen LogP contribution is 2.45. The number of esters is 4. The van der Waals surface area contributed by atoms with Gasteiger partial charge < -0.3 is 33.8 Å². The molecule has 0 aromatic heterocycles. The lowest BCUT2D eigenvalue weighted by Crippen LogP contribution is -2.30. The van der Waals surface area contributed by atoms with Gasteiger partial charge in [-0.15, -0.1) is 0 Å². The molecule has 0 rings (SSSR count). The van der Waals surface area contributed by atoms with Gasteiger partial charge in [-0.05, 0) is 43.4 Å². The van der Waals surface area contributed by atoms with Crippen molar-refractivity contribution in [1.82, 2.24) is 0 Å². The van der Waals surface area contributed by atoms with Gasteiger partial charge in [-0.1, -0.05) is 254 Å². The van der Waals surface area contributed by atoms with E-state index in [1.807, 2.05) is 0 Å². The first-order valence-electron chi connectivity index (χ1n) is 32.9. The molecule has 3 N–H and O–H groups in total. The Labute approximate surface area is 498 Å². The largest absolute Gasteiger partial charge is 0.472 e. The molecular weight excluding hydrogens is 1090 g/mol. The fraction of sp³-hybridized carbons (Fsp3) is 0.937. The first-order valence-corrected chi connectivity index (χ1v) is 35.9. The Balaban J connectivity index is 5.25. The summed E-state index contributed by atoms with van der Waals surface area (Å²) in [6, 6.07) is 0. The topological polar surface area (TPSA) is 237 Å². The summed E-state index contributed by atoms with van der Waals surface area (Å²) in [5, 5.41) is 10.5. The van der Waals surface area contributed by atoms with E-state index in [-0.39, 0.29) is 25.7 Å². The minimum atomic E-state index is -4.94. The van der Waals surface area contributed by atoms with Crippen molar-refractivity contribution in [1.29, 1.82) is 0 Å². The number of hydrogen-bond acceptors (Lipinski definition) is 15. The molecule has 0 aromatic rings. The van der Waals surface area contributed by atoms with Gasteiger partial charge >= 0.3 is 39.5 Å². The van der Waals surface area contributed by atoms with Crippen LogP contribution in [0, 0.1) is 17.8 Å². The third-order valence-corrected chi connectivity index (χ3v) is 16.6. The number of phosphoric acid groups is 2. The van der Waals surface area contributed by atoms with Gasteiger partial charge in [0.2, 0.25) is 0 Å². The highest BCUT2D eigenvalue weighted by Gasteiger charge is 2.30. The number of aliphatic hydroxyl groups excluding tert-OH is 1. The Hall–Kier alpha value is -1.94. The summed E-state index contributed by atoms with van der Waals surface area (Å²) in [7, 11) is -9.89. The van der Waals surface area contributed by atoms with Crippen LogP contribution in [0.4, 0.5) is 0 Å². The zero-order valence-corrected chi connectivity index (χ0v) is 54.7. The van der Waals surface area contributed by atoms with Gasteiger partial charge in [-0.25, -0.2) is 9.13 Å². The van der Waals surface area contributed by atoms with Crippen molar-refractivity contribution < 1.29 is 80.2 Å². The number of carbonyl (C=O) groups excluding carboxylic acids is 4. The molecule has 0 saturated carbocycles. The molecule has 0 radical (unpaired) electrons. The van der Waals surface area contributed by atoms with E-state index in [4.69, 9.17) is 37.0 Å². The molecule has 0 amide bonds. The molecule has 3 unspecified atom stereocenters. The number of carbonyl (C=O) groups is 4. The van der Waals surface area contributed by atoms with Crippen LogP contribution in [0.3, 0.4) is 0 Å². The van der Waals surface area contributed by atoms with E-state index in [9.17, 15) is 43.2 Å². The fourth-order valence-corrected chi connectivity index (χ4v) is 10.9. The highest BCUT2D eigenvalue weighted by atomic mass is 31.2.